The maximum atomic E-state index is 13.7. The Hall–Kier alpha value is -6.33. The molecule has 0 saturated heterocycles. The van der Waals surface area contributed by atoms with Crippen LogP contribution in [0.25, 0.3) is 10.8 Å². The second-order valence-electron chi connectivity index (χ2n) is 9.01. The number of hydrogen-bond donors (Lipinski definition) is 1. The zero-order valence-corrected chi connectivity index (χ0v) is 20.2. The van der Waals surface area contributed by atoms with Gasteiger partial charge in [0.2, 0.25) is 0 Å². The van der Waals surface area contributed by atoms with Gasteiger partial charge in [-0.25, -0.2) is 4.90 Å². The lowest BCUT2D eigenvalue weighted by Crippen LogP contribution is -2.42. The summed E-state index contributed by atoms with van der Waals surface area (Å²) in [6.45, 7) is 0. The largest absolute Gasteiger partial charge is 0.369 e. The Morgan fingerprint density at radius 3 is 1.60 bits per heavy atom. The van der Waals surface area contributed by atoms with Crippen molar-refractivity contribution >= 4 is 39.9 Å². The molecule has 0 aromatic heterocycles. The molecular weight excluding hydrogens is 508 g/mol. The Balaban J connectivity index is 1.51. The summed E-state index contributed by atoms with van der Waals surface area (Å²) in [7, 11) is 0. The van der Waals surface area contributed by atoms with Crippen LogP contribution >= 0.6 is 0 Å². The molecule has 3 amide bonds. The fourth-order valence-electron chi connectivity index (χ4n) is 5.21. The first-order valence-electron chi connectivity index (χ1n) is 11.7. The van der Waals surface area contributed by atoms with Gasteiger partial charge in [0.05, 0.1) is 27.9 Å². The van der Waals surface area contributed by atoms with Crippen LogP contribution in [-0.2, 0) is 0 Å². The van der Waals surface area contributed by atoms with Crippen LogP contribution in [0.15, 0.2) is 60.7 Å². The standard InChI is InChI=1S/C30H12N6O4/c31-11-15-1-3-19(9-17(15)13-33)35-27(37)21-5-7-23-26-24(8-6-22(25(21)26)28(35)38)30(40)36(29(23)39)20-4-2-16(12-32)18(10-20)14-34/h1-10,27,37H. The van der Waals surface area contributed by atoms with Crippen molar-refractivity contribution in [3.8, 4) is 24.3 Å². The summed E-state index contributed by atoms with van der Waals surface area (Å²) >= 11 is 0. The van der Waals surface area contributed by atoms with E-state index in [0.29, 0.717) is 0 Å². The molecule has 4 aromatic carbocycles. The molecule has 2 aliphatic heterocycles. The number of benzene rings is 4. The molecule has 40 heavy (non-hydrogen) atoms. The first-order chi connectivity index (χ1) is 19.3. The molecule has 6 rings (SSSR count). The van der Waals surface area contributed by atoms with Gasteiger partial charge in [0, 0.05) is 38.7 Å². The smallest absolute Gasteiger partial charge is 0.265 e. The maximum Gasteiger partial charge on any atom is 0.265 e. The molecule has 1 atom stereocenters. The lowest BCUT2D eigenvalue weighted by Gasteiger charge is -2.36. The summed E-state index contributed by atoms with van der Waals surface area (Å²) in [5.74, 6) is -2.00. The van der Waals surface area contributed by atoms with Crippen molar-refractivity contribution < 1.29 is 19.5 Å². The highest BCUT2D eigenvalue weighted by molar-refractivity contribution is 6.37. The molecule has 0 aliphatic carbocycles. The van der Waals surface area contributed by atoms with Crippen LogP contribution in [0.4, 0.5) is 11.4 Å². The predicted octanol–water partition coefficient (Wildman–Crippen LogP) is 3.78. The molecule has 0 radical (unpaired) electrons. The van der Waals surface area contributed by atoms with E-state index in [1.807, 2.05) is 24.3 Å². The molecule has 10 heteroatoms. The van der Waals surface area contributed by atoms with Crippen LogP contribution in [0.2, 0.25) is 0 Å². The van der Waals surface area contributed by atoms with E-state index < -0.39 is 23.9 Å². The second-order valence-corrected chi connectivity index (χ2v) is 9.01. The van der Waals surface area contributed by atoms with E-state index in [2.05, 4.69) is 0 Å². The Kier molecular flexibility index (Phi) is 5.18. The van der Waals surface area contributed by atoms with Gasteiger partial charge >= 0.3 is 0 Å². The number of carbonyl (C=O) groups is 3. The van der Waals surface area contributed by atoms with Gasteiger partial charge in [0.1, 0.15) is 24.3 Å². The highest BCUT2D eigenvalue weighted by Gasteiger charge is 2.40. The average molecular weight is 520 g/mol. The fourth-order valence-corrected chi connectivity index (χ4v) is 5.21. The lowest BCUT2D eigenvalue weighted by atomic mass is 9.85. The number of carbonyl (C=O) groups excluding carboxylic acids is 3. The highest BCUT2D eigenvalue weighted by atomic mass is 16.3. The van der Waals surface area contributed by atoms with Gasteiger partial charge < -0.3 is 5.11 Å². The van der Waals surface area contributed by atoms with Crippen molar-refractivity contribution in [2.75, 3.05) is 9.80 Å². The minimum absolute atomic E-state index is 0.00723. The van der Waals surface area contributed by atoms with E-state index in [1.54, 1.807) is 0 Å². The third-order valence-corrected chi connectivity index (χ3v) is 7.06. The molecule has 10 nitrogen and oxygen atoms in total. The summed E-state index contributed by atoms with van der Waals surface area (Å²) in [4.78, 5) is 42.9. The minimum Gasteiger partial charge on any atom is -0.369 e. The molecule has 2 heterocycles. The second kappa shape index (κ2) is 8.62. The van der Waals surface area contributed by atoms with Crippen molar-refractivity contribution in [1.29, 1.82) is 21.0 Å². The average Bonchev–Trinajstić information content (AvgIpc) is 2.98. The van der Waals surface area contributed by atoms with Crippen LogP contribution in [0.3, 0.4) is 0 Å². The van der Waals surface area contributed by atoms with Crippen LogP contribution in [-0.4, -0.2) is 22.8 Å². The molecule has 1 unspecified atom stereocenters. The highest BCUT2D eigenvalue weighted by Crippen LogP contribution is 2.43. The summed E-state index contributed by atoms with van der Waals surface area (Å²) in [5.41, 5.74) is 1.23. The van der Waals surface area contributed by atoms with Gasteiger partial charge in [-0.15, -0.1) is 0 Å². The van der Waals surface area contributed by atoms with E-state index in [4.69, 9.17) is 0 Å². The number of aliphatic hydroxyl groups excluding tert-OH is 1. The first kappa shape index (κ1) is 24.0. The van der Waals surface area contributed by atoms with Gasteiger partial charge in [-0.3, -0.25) is 19.3 Å². The maximum absolute atomic E-state index is 13.7. The van der Waals surface area contributed by atoms with Crippen LogP contribution < -0.4 is 9.80 Å². The number of hydrogen-bond acceptors (Lipinski definition) is 8. The molecular formula is C30H12N6O4. The molecule has 186 valence electrons. The molecule has 0 spiro atoms. The number of nitriles is 4. The number of anilines is 2. The Labute approximate surface area is 226 Å². The summed E-state index contributed by atoms with van der Waals surface area (Å²) < 4.78 is 0. The van der Waals surface area contributed by atoms with E-state index in [1.165, 1.54) is 60.7 Å². The molecule has 0 saturated carbocycles. The summed E-state index contributed by atoms with van der Waals surface area (Å²) in [6.07, 6.45) is -1.51. The zero-order chi connectivity index (χ0) is 28.3. The Bertz CT molecular complexity index is 2030. The predicted molar refractivity (Wildman–Crippen MR) is 139 cm³/mol. The van der Waals surface area contributed by atoms with E-state index in [9.17, 15) is 40.5 Å². The lowest BCUT2D eigenvalue weighted by molar-refractivity contribution is 0.0866. The quantitative estimate of drug-likeness (QED) is 0.389. The normalized spacial score (nSPS) is 15.3. The SMILES string of the molecule is N#Cc1ccc(N2C(=O)c3ccc4c5c(ccc(c35)C2=O)C(O)N(c2ccc(C#N)c(C#N)c2)C4=O)cc1C#N. The zero-order valence-electron chi connectivity index (χ0n) is 20.2. The van der Waals surface area contributed by atoms with Gasteiger partial charge in [-0.2, -0.15) is 21.0 Å². The topological polar surface area (TPSA) is 173 Å². The van der Waals surface area contributed by atoms with Gasteiger partial charge in [0.25, 0.3) is 17.7 Å². The monoisotopic (exact) mass is 520 g/mol. The third-order valence-electron chi connectivity index (χ3n) is 7.06. The van der Waals surface area contributed by atoms with Gasteiger partial charge in [0.15, 0.2) is 6.23 Å². The minimum atomic E-state index is -1.51. The summed E-state index contributed by atoms with van der Waals surface area (Å²) in [6, 6.07) is 21.6. The number of imide groups is 1. The molecule has 2 aliphatic rings. The van der Waals surface area contributed by atoms with Crippen LogP contribution in [0, 0.1) is 45.3 Å². The van der Waals surface area contributed by atoms with Crippen molar-refractivity contribution in [2.24, 2.45) is 0 Å². The number of aliphatic hydroxyl groups is 1. The Morgan fingerprint density at radius 2 is 1.05 bits per heavy atom. The summed E-state index contributed by atoms with van der Waals surface area (Å²) in [5, 5.41) is 49.1. The third kappa shape index (κ3) is 3.12. The van der Waals surface area contributed by atoms with E-state index in [-0.39, 0.29) is 66.7 Å². The molecule has 4 aromatic rings. The van der Waals surface area contributed by atoms with Crippen LogP contribution in [0.5, 0.6) is 0 Å². The number of rotatable bonds is 2. The van der Waals surface area contributed by atoms with E-state index in [0.717, 1.165) is 9.80 Å². The number of nitrogens with zero attached hydrogens (tertiary/aromatic N) is 6. The molecule has 0 bridgehead atoms. The van der Waals surface area contributed by atoms with Crippen molar-refractivity contribution in [2.45, 2.75) is 6.23 Å². The Morgan fingerprint density at radius 1 is 0.575 bits per heavy atom. The first-order valence-corrected chi connectivity index (χ1v) is 11.7. The van der Waals surface area contributed by atoms with Gasteiger partial charge in [-0.05, 0) is 54.6 Å². The van der Waals surface area contributed by atoms with Crippen molar-refractivity contribution in [3.05, 3.63) is 105 Å². The molecule has 0 fully saturated rings. The van der Waals surface area contributed by atoms with E-state index >= 15 is 0 Å². The molecule has 1 N–H and O–H groups in total. The fraction of sp³-hybridized carbons (Fsp3) is 0.0333. The number of amides is 3. The van der Waals surface area contributed by atoms with Crippen molar-refractivity contribution in [1.82, 2.24) is 0 Å². The van der Waals surface area contributed by atoms with Crippen molar-refractivity contribution in [3.63, 3.8) is 0 Å². The van der Waals surface area contributed by atoms with Gasteiger partial charge in [-0.1, -0.05) is 6.07 Å². The van der Waals surface area contributed by atoms with Crippen LogP contribution in [0.1, 0.15) is 65.1 Å².